The molecule has 0 saturated carbocycles. The van der Waals surface area contributed by atoms with Gasteiger partial charge in [0.2, 0.25) is 0 Å². The molecule has 1 N–H and O–H groups in total. The van der Waals surface area contributed by atoms with Gasteiger partial charge in [0, 0.05) is 6.54 Å². The number of thiazole rings is 1. The lowest BCUT2D eigenvalue weighted by Crippen LogP contribution is -2.52. The van der Waals surface area contributed by atoms with Gasteiger partial charge in [0.1, 0.15) is 5.54 Å². The minimum atomic E-state index is -3.82. The van der Waals surface area contributed by atoms with Crippen LogP contribution in [0.3, 0.4) is 0 Å². The van der Waals surface area contributed by atoms with Crippen LogP contribution in [0.2, 0.25) is 0 Å². The Bertz CT molecular complexity index is 548. The number of hydrogen-bond donors (Lipinski definition) is 1. The fraction of sp³-hybridized carbons (Fsp3) is 0.600. The second kappa shape index (κ2) is 4.94. The zero-order valence-corrected chi connectivity index (χ0v) is 12.3. The van der Waals surface area contributed by atoms with E-state index in [1.165, 1.54) is 20.0 Å². The molecule has 0 aliphatic heterocycles. The summed E-state index contributed by atoms with van der Waals surface area (Å²) in [6.07, 6.45) is 1.26. The van der Waals surface area contributed by atoms with E-state index in [4.69, 9.17) is 5.11 Å². The molecule has 102 valence electrons. The van der Waals surface area contributed by atoms with E-state index in [9.17, 15) is 13.2 Å². The molecule has 18 heavy (non-hydrogen) atoms. The van der Waals surface area contributed by atoms with Crippen LogP contribution in [0.4, 0.5) is 0 Å². The highest BCUT2D eigenvalue weighted by Gasteiger charge is 2.42. The highest BCUT2D eigenvalue weighted by Crippen LogP contribution is 2.28. The normalized spacial score (nSPS) is 12.9. The minimum Gasteiger partial charge on any atom is -0.480 e. The van der Waals surface area contributed by atoms with Crippen LogP contribution in [-0.2, 0) is 14.8 Å². The number of rotatable bonds is 5. The predicted octanol–water partition coefficient (Wildman–Crippen LogP) is 1.33. The summed E-state index contributed by atoms with van der Waals surface area (Å²) in [7, 11) is -3.82. The van der Waals surface area contributed by atoms with Crippen molar-refractivity contribution in [3.8, 4) is 0 Å². The SMILES string of the molecule is CCN(C(C)(C)C(=O)O)S(=O)(=O)c1cnc(C)s1. The maximum Gasteiger partial charge on any atom is 0.324 e. The van der Waals surface area contributed by atoms with Crippen LogP contribution in [0.5, 0.6) is 0 Å². The second-order valence-electron chi connectivity index (χ2n) is 4.23. The number of hydrogen-bond acceptors (Lipinski definition) is 5. The second-order valence-corrected chi connectivity index (χ2v) is 7.56. The Morgan fingerprint density at radius 1 is 1.56 bits per heavy atom. The van der Waals surface area contributed by atoms with Crippen molar-refractivity contribution in [2.45, 2.75) is 37.4 Å². The van der Waals surface area contributed by atoms with E-state index in [0.717, 1.165) is 15.6 Å². The van der Waals surface area contributed by atoms with Crippen molar-refractivity contribution < 1.29 is 18.3 Å². The summed E-state index contributed by atoms with van der Waals surface area (Å²) in [6, 6.07) is 0. The topological polar surface area (TPSA) is 87.6 Å². The minimum absolute atomic E-state index is 0.0659. The molecule has 8 heteroatoms. The molecule has 1 rings (SSSR count). The summed E-state index contributed by atoms with van der Waals surface area (Å²) in [5.41, 5.74) is -1.49. The van der Waals surface area contributed by atoms with Crippen molar-refractivity contribution in [3.63, 3.8) is 0 Å². The number of aliphatic carboxylic acids is 1. The first kappa shape index (κ1) is 15.1. The number of carbonyl (C=O) groups is 1. The van der Waals surface area contributed by atoms with Crippen LogP contribution in [0, 0.1) is 6.92 Å². The highest BCUT2D eigenvalue weighted by molar-refractivity contribution is 7.91. The monoisotopic (exact) mass is 292 g/mol. The molecule has 1 aromatic heterocycles. The molecule has 0 amide bonds. The molecule has 1 heterocycles. The van der Waals surface area contributed by atoms with E-state index >= 15 is 0 Å². The largest absolute Gasteiger partial charge is 0.480 e. The van der Waals surface area contributed by atoms with Gasteiger partial charge < -0.3 is 5.11 Å². The summed E-state index contributed by atoms with van der Waals surface area (Å²) in [5.74, 6) is -1.19. The Labute approximate surface area is 110 Å². The molecule has 0 aromatic carbocycles. The summed E-state index contributed by atoms with van der Waals surface area (Å²) < 4.78 is 25.8. The number of aromatic nitrogens is 1. The quantitative estimate of drug-likeness (QED) is 0.884. The van der Waals surface area contributed by atoms with E-state index in [1.807, 2.05) is 0 Å². The first-order chi connectivity index (χ1) is 8.14. The lowest BCUT2D eigenvalue weighted by Gasteiger charge is -2.32. The zero-order chi connectivity index (χ0) is 14.1. The number of likely N-dealkylation sites (N-methyl/N-ethyl adjacent to an activating group) is 1. The van der Waals surface area contributed by atoms with Crippen LogP contribution in [0.15, 0.2) is 10.4 Å². The Balaban J connectivity index is 3.29. The Morgan fingerprint density at radius 2 is 2.11 bits per heavy atom. The van der Waals surface area contributed by atoms with Gasteiger partial charge in [-0.3, -0.25) is 4.79 Å². The fourth-order valence-corrected chi connectivity index (χ4v) is 4.52. The Morgan fingerprint density at radius 3 is 2.44 bits per heavy atom. The maximum atomic E-state index is 12.4. The van der Waals surface area contributed by atoms with Crippen LogP contribution in [-0.4, -0.2) is 40.9 Å². The molecular formula is C10H16N2O4S2. The molecule has 0 unspecified atom stereocenters. The van der Waals surface area contributed by atoms with Gasteiger partial charge in [-0.05, 0) is 20.8 Å². The Kier molecular flexibility index (Phi) is 4.14. The van der Waals surface area contributed by atoms with Gasteiger partial charge in [-0.2, -0.15) is 4.31 Å². The van der Waals surface area contributed by atoms with Crippen molar-refractivity contribution >= 4 is 27.3 Å². The molecular weight excluding hydrogens is 276 g/mol. The van der Waals surface area contributed by atoms with Crippen LogP contribution in [0.25, 0.3) is 0 Å². The van der Waals surface area contributed by atoms with Gasteiger partial charge in [-0.25, -0.2) is 13.4 Å². The molecule has 0 radical (unpaired) electrons. The summed E-state index contributed by atoms with van der Waals surface area (Å²) in [5, 5.41) is 9.76. The molecule has 0 atom stereocenters. The summed E-state index contributed by atoms with van der Waals surface area (Å²) in [4.78, 5) is 15.1. The number of nitrogens with zero attached hydrogens (tertiary/aromatic N) is 2. The first-order valence-corrected chi connectivity index (χ1v) is 7.58. The molecule has 0 saturated heterocycles. The number of carboxylic acids is 1. The highest BCUT2D eigenvalue weighted by atomic mass is 32.2. The van der Waals surface area contributed by atoms with E-state index in [-0.39, 0.29) is 10.8 Å². The lowest BCUT2D eigenvalue weighted by atomic mass is 10.1. The van der Waals surface area contributed by atoms with Gasteiger partial charge in [-0.15, -0.1) is 11.3 Å². The molecule has 0 spiro atoms. The van der Waals surface area contributed by atoms with E-state index in [2.05, 4.69) is 4.98 Å². The molecule has 1 aromatic rings. The van der Waals surface area contributed by atoms with Crippen molar-refractivity contribution in [1.29, 1.82) is 0 Å². The van der Waals surface area contributed by atoms with Crippen LogP contribution in [0.1, 0.15) is 25.8 Å². The van der Waals surface area contributed by atoms with Crippen molar-refractivity contribution in [2.75, 3.05) is 6.54 Å². The average Bonchev–Trinajstić information content (AvgIpc) is 2.65. The number of sulfonamides is 1. The molecule has 0 bridgehead atoms. The zero-order valence-electron chi connectivity index (χ0n) is 10.7. The average molecular weight is 292 g/mol. The standard InChI is InChI=1S/C10H16N2O4S2/c1-5-12(10(3,4)9(13)14)18(15,16)8-6-11-7(2)17-8/h6H,5H2,1-4H3,(H,13,14). The lowest BCUT2D eigenvalue weighted by molar-refractivity contribution is -0.146. The third kappa shape index (κ3) is 2.55. The predicted molar refractivity (Wildman–Crippen MR) is 68.1 cm³/mol. The summed E-state index contributed by atoms with van der Waals surface area (Å²) in [6.45, 7) is 6.12. The van der Waals surface area contributed by atoms with Gasteiger partial charge >= 0.3 is 5.97 Å². The van der Waals surface area contributed by atoms with E-state index in [0.29, 0.717) is 5.01 Å². The van der Waals surface area contributed by atoms with E-state index < -0.39 is 21.5 Å². The first-order valence-electron chi connectivity index (χ1n) is 5.32. The van der Waals surface area contributed by atoms with Crippen LogP contribution < -0.4 is 0 Å². The molecule has 0 fully saturated rings. The molecule has 0 aliphatic carbocycles. The van der Waals surface area contributed by atoms with Crippen LogP contribution >= 0.6 is 11.3 Å². The van der Waals surface area contributed by atoms with Gasteiger partial charge in [0.05, 0.1) is 11.2 Å². The maximum absolute atomic E-state index is 12.4. The van der Waals surface area contributed by atoms with E-state index in [1.54, 1.807) is 13.8 Å². The smallest absolute Gasteiger partial charge is 0.324 e. The van der Waals surface area contributed by atoms with Gasteiger partial charge in [0.15, 0.2) is 4.21 Å². The number of carboxylic acid groups (broad SMARTS) is 1. The van der Waals surface area contributed by atoms with Crippen molar-refractivity contribution in [3.05, 3.63) is 11.2 Å². The molecule has 6 nitrogen and oxygen atoms in total. The number of aryl methyl sites for hydroxylation is 1. The fourth-order valence-electron chi connectivity index (χ4n) is 1.54. The van der Waals surface area contributed by atoms with Crippen molar-refractivity contribution in [2.24, 2.45) is 0 Å². The van der Waals surface area contributed by atoms with Gasteiger partial charge in [-0.1, -0.05) is 6.92 Å². The summed E-state index contributed by atoms with van der Waals surface area (Å²) >= 11 is 1.03. The third-order valence-electron chi connectivity index (χ3n) is 2.58. The third-order valence-corrected chi connectivity index (χ3v) is 6.08. The molecule has 0 aliphatic rings. The van der Waals surface area contributed by atoms with Crippen molar-refractivity contribution in [1.82, 2.24) is 9.29 Å². The Hall–Kier alpha value is -0.990. The van der Waals surface area contributed by atoms with Gasteiger partial charge in [0.25, 0.3) is 10.0 Å².